The number of carbonyl (C=O) groups is 3. The molecule has 1 saturated heterocycles. The van der Waals surface area contributed by atoms with Gasteiger partial charge in [0.05, 0.1) is 11.1 Å². The van der Waals surface area contributed by atoms with Crippen molar-refractivity contribution in [3.8, 4) is 0 Å². The predicted molar refractivity (Wildman–Crippen MR) is 111 cm³/mol. The third kappa shape index (κ3) is 3.84. The minimum Gasteiger partial charge on any atom is -0.336 e. The van der Waals surface area contributed by atoms with Gasteiger partial charge in [-0.1, -0.05) is 42.5 Å². The Hall–Kier alpha value is -3.25. The first-order valence-electron chi connectivity index (χ1n) is 9.74. The molecule has 2 heterocycles. The second kappa shape index (κ2) is 8.01. The number of carbonyl (C=O) groups excluding carboxylic acids is 3. The number of hydrogen-bond donors (Lipinski definition) is 0. The van der Waals surface area contributed by atoms with Gasteiger partial charge in [0, 0.05) is 45.3 Å². The third-order valence-corrected chi connectivity index (χ3v) is 5.47. The largest absolute Gasteiger partial charge is 0.336 e. The molecule has 0 bridgehead atoms. The van der Waals surface area contributed by atoms with Crippen LogP contribution in [0.2, 0.25) is 0 Å². The van der Waals surface area contributed by atoms with E-state index in [4.69, 9.17) is 0 Å². The molecule has 0 atom stereocenters. The monoisotopic (exact) mass is 389 g/mol. The van der Waals surface area contributed by atoms with Gasteiger partial charge in [-0.15, -0.1) is 0 Å². The van der Waals surface area contributed by atoms with E-state index in [0.29, 0.717) is 29.8 Å². The van der Waals surface area contributed by atoms with Crippen LogP contribution in [0.5, 0.6) is 0 Å². The zero-order chi connectivity index (χ0) is 20.4. The van der Waals surface area contributed by atoms with E-state index < -0.39 is 0 Å². The van der Waals surface area contributed by atoms with E-state index in [0.717, 1.165) is 24.5 Å². The molecule has 0 aromatic heterocycles. The van der Waals surface area contributed by atoms with Crippen LogP contribution in [0.4, 0.5) is 0 Å². The number of benzene rings is 2. The maximum atomic E-state index is 12.9. The fourth-order valence-electron chi connectivity index (χ4n) is 3.71. The van der Waals surface area contributed by atoms with Crippen LogP contribution in [0.25, 0.3) is 6.08 Å². The Bertz CT molecular complexity index is 976. The van der Waals surface area contributed by atoms with Crippen molar-refractivity contribution in [2.75, 3.05) is 39.8 Å². The van der Waals surface area contributed by atoms with Crippen molar-refractivity contribution in [2.24, 2.45) is 0 Å². The molecule has 0 aliphatic carbocycles. The predicted octanol–water partition coefficient (Wildman–Crippen LogP) is 2.38. The number of fused-ring (bicyclic) bond motifs is 1. The molecule has 6 nitrogen and oxygen atoms in total. The molecular weight excluding hydrogens is 366 g/mol. The van der Waals surface area contributed by atoms with E-state index >= 15 is 0 Å². The highest BCUT2D eigenvalue weighted by Gasteiger charge is 2.33. The van der Waals surface area contributed by atoms with Gasteiger partial charge in [-0.2, -0.15) is 0 Å². The highest BCUT2D eigenvalue weighted by Crippen LogP contribution is 2.23. The van der Waals surface area contributed by atoms with Gasteiger partial charge in [0.2, 0.25) is 0 Å². The van der Waals surface area contributed by atoms with Crippen LogP contribution in [0.3, 0.4) is 0 Å². The summed E-state index contributed by atoms with van der Waals surface area (Å²) in [5.74, 6) is -0.766. The van der Waals surface area contributed by atoms with E-state index in [1.165, 1.54) is 12.6 Å². The van der Waals surface area contributed by atoms with Crippen molar-refractivity contribution < 1.29 is 14.4 Å². The molecule has 0 saturated carbocycles. The Balaban J connectivity index is 1.34. The van der Waals surface area contributed by atoms with Crippen LogP contribution in [0, 0.1) is 0 Å². The Labute approximate surface area is 170 Å². The molecule has 3 amide bonds. The van der Waals surface area contributed by atoms with E-state index in [9.17, 15) is 14.4 Å². The number of amides is 3. The fraction of sp³-hybridized carbons (Fsp3) is 0.261. The minimum absolute atomic E-state index is 0.0953. The molecule has 0 spiro atoms. The summed E-state index contributed by atoms with van der Waals surface area (Å²) >= 11 is 0. The minimum atomic E-state index is -0.352. The Kier molecular flexibility index (Phi) is 5.27. The van der Waals surface area contributed by atoms with Crippen LogP contribution in [0.1, 0.15) is 36.6 Å². The zero-order valence-electron chi connectivity index (χ0n) is 16.4. The van der Waals surface area contributed by atoms with Gasteiger partial charge in [-0.25, -0.2) is 0 Å². The second-order valence-corrected chi connectivity index (χ2v) is 7.34. The molecule has 0 radical (unpaired) electrons. The number of hydrogen-bond acceptors (Lipinski definition) is 4. The average Bonchev–Trinajstić information content (AvgIpc) is 2.98. The molecule has 2 aliphatic rings. The standard InChI is InChI=1S/C23H23N3O3/c1-24-22(28)19-10-9-18(16-20(19)23(24)29)21(27)26-14-12-25(13-15-26)11-5-8-17-6-3-2-4-7-17/h2-10,16H,11-15H2,1H3. The summed E-state index contributed by atoms with van der Waals surface area (Å²) in [7, 11) is 1.46. The van der Waals surface area contributed by atoms with Crippen LogP contribution < -0.4 is 0 Å². The topological polar surface area (TPSA) is 60.9 Å². The lowest BCUT2D eigenvalue weighted by atomic mass is 10.0. The van der Waals surface area contributed by atoms with E-state index in [2.05, 4.69) is 29.2 Å². The lowest BCUT2D eigenvalue weighted by Crippen LogP contribution is -2.48. The molecule has 148 valence electrons. The van der Waals surface area contributed by atoms with Gasteiger partial charge in [0.15, 0.2) is 0 Å². The van der Waals surface area contributed by atoms with Crippen molar-refractivity contribution in [1.29, 1.82) is 0 Å². The number of piperazine rings is 1. The van der Waals surface area contributed by atoms with E-state index in [1.54, 1.807) is 18.2 Å². The van der Waals surface area contributed by atoms with Gasteiger partial charge in [-0.3, -0.25) is 24.2 Å². The van der Waals surface area contributed by atoms with Crippen LogP contribution in [0.15, 0.2) is 54.6 Å². The lowest BCUT2D eigenvalue weighted by molar-refractivity contribution is 0.0649. The quantitative estimate of drug-likeness (QED) is 0.754. The van der Waals surface area contributed by atoms with E-state index in [1.807, 2.05) is 23.1 Å². The Morgan fingerprint density at radius 1 is 0.931 bits per heavy atom. The Morgan fingerprint density at radius 2 is 1.62 bits per heavy atom. The van der Waals surface area contributed by atoms with Crippen molar-refractivity contribution >= 4 is 23.8 Å². The number of rotatable bonds is 4. The van der Waals surface area contributed by atoms with Gasteiger partial charge in [0.25, 0.3) is 17.7 Å². The molecular formula is C23H23N3O3. The highest BCUT2D eigenvalue weighted by molar-refractivity contribution is 6.21. The van der Waals surface area contributed by atoms with Crippen molar-refractivity contribution in [3.05, 3.63) is 76.9 Å². The first kappa shape index (κ1) is 19.1. The fourth-order valence-corrected chi connectivity index (χ4v) is 3.71. The summed E-state index contributed by atoms with van der Waals surface area (Å²) in [4.78, 5) is 42.2. The lowest BCUT2D eigenvalue weighted by Gasteiger charge is -2.34. The van der Waals surface area contributed by atoms with Gasteiger partial charge in [0.1, 0.15) is 0 Å². The summed E-state index contributed by atoms with van der Waals surface area (Å²) < 4.78 is 0. The van der Waals surface area contributed by atoms with Crippen molar-refractivity contribution in [1.82, 2.24) is 14.7 Å². The van der Waals surface area contributed by atoms with Gasteiger partial charge >= 0.3 is 0 Å². The van der Waals surface area contributed by atoms with Gasteiger partial charge in [-0.05, 0) is 23.8 Å². The normalized spacial score (nSPS) is 17.3. The third-order valence-electron chi connectivity index (χ3n) is 5.47. The summed E-state index contributed by atoms with van der Waals surface area (Å²) in [6, 6.07) is 14.9. The SMILES string of the molecule is CN1C(=O)c2ccc(C(=O)N3CCN(CC=Cc4ccccc4)CC3)cc2C1=O. The summed E-state index contributed by atoms with van der Waals surface area (Å²) in [6.07, 6.45) is 4.25. The molecule has 2 aliphatic heterocycles. The van der Waals surface area contributed by atoms with Crippen molar-refractivity contribution in [3.63, 3.8) is 0 Å². The second-order valence-electron chi connectivity index (χ2n) is 7.34. The molecule has 2 aromatic carbocycles. The number of imide groups is 1. The van der Waals surface area contributed by atoms with Crippen LogP contribution >= 0.6 is 0 Å². The summed E-state index contributed by atoms with van der Waals surface area (Å²) in [5, 5.41) is 0. The molecule has 0 N–H and O–H groups in total. The molecule has 1 fully saturated rings. The summed E-state index contributed by atoms with van der Waals surface area (Å²) in [5.41, 5.74) is 2.31. The molecule has 4 rings (SSSR count). The smallest absolute Gasteiger partial charge is 0.261 e. The maximum absolute atomic E-state index is 12.9. The highest BCUT2D eigenvalue weighted by atomic mass is 16.2. The van der Waals surface area contributed by atoms with E-state index in [-0.39, 0.29) is 17.7 Å². The zero-order valence-corrected chi connectivity index (χ0v) is 16.4. The maximum Gasteiger partial charge on any atom is 0.261 e. The average molecular weight is 389 g/mol. The molecule has 29 heavy (non-hydrogen) atoms. The number of nitrogens with zero attached hydrogens (tertiary/aromatic N) is 3. The molecule has 2 aromatic rings. The van der Waals surface area contributed by atoms with Gasteiger partial charge < -0.3 is 4.90 Å². The Morgan fingerprint density at radius 3 is 2.34 bits per heavy atom. The summed E-state index contributed by atoms with van der Waals surface area (Å²) in [6.45, 7) is 3.73. The molecule has 6 heteroatoms. The first-order valence-corrected chi connectivity index (χ1v) is 9.74. The van der Waals surface area contributed by atoms with Crippen molar-refractivity contribution in [2.45, 2.75) is 0 Å². The first-order chi connectivity index (χ1) is 14.0. The van der Waals surface area contributed by atoms with Crippen LogP contribution in [-0.2, 0) is 0 Å². The van der Waals surface area contributed by atoms with Crippen LogP contribution in [-0.4, -0.2) is 72.2 Å². The molecule has 0 unspecified atom stereocenters.